The Hall–Kier alpha value is -1.31. The van der Waals surface area contributed by atoms with Gasteiger partial charge in [0.15, 0.2) is 0 Å². The van der Waals surface area contributed by atoms with Gasteiger partial charge in [0.1, 0.15) is 0 Å². The van der Waals surface area contributed by atoms with Crippen molar-refractivity contribution in [3.8, 4) is 0 Å². The molecule has 2 heteroatoms. The van der Waals surface area contributed by atoms with Gasteiger partial charge in [0.2, 0.25) is 0 Å². The van der Waals surface area contributed by atoms with E-state index in [1.165, 1.54) is 5.56 Å². The smallest absolute Gasteiger partial charge is 0.0998 e. The molecule has 0 radical (unpaired) electrons. The SMILES string of the molecule is CC(C)(Cc1ccccc1)N=C(N)C(C)(C)C. The Labute approximate surface area is 105 Å². The molecule has 0 atom stereocenters. The summed E-state index contributed by atoms with van der Waals surface area (Å²) >= 11 is 0. The highest BCUT2D eigenvalue weighted by atomic mass is 14.9. The molecule has 17 heavy (non-hydrogen) atoms. The lowest BCUT2D eigenvalue weighted by molar-refractivity contribution is 0.497. The lowest BCUT2D eigenvalue weighted by Gasteiger charge is -2.25. The van der Waals surface area contributed by atoms with Crippen molar-refractivity contribution in [2.75, 3.05) is 0 Å². The van der Waals surface area contributed by atoms with E-state index in [-0.39, 0.29) is 11.0 Å². The van der Waals surface area contributed by atoms with Gasteiger partial charge in [-0.1, -0.05) is 51.1 Å². The maximum absolute atomic E-state index is 6.04. The van der Waals surface area contributed by atoms with Gasteiger partial charge in [-0.15, -0.1) is 0 Å². The Kier molecular flexibility index (Phi) is 3.97. The van der Waals surface area contributed by atoms with Crippen molar-refractivity contribution in [1.82, 2.24) is 0 Å². The van der Waals surface area contributed by atoms with Crippen LogP contribution >= 0.6 is 0 Å². The molecular formula is C15H24N2. The van der Waals surface area contributed by atoms with Gasteiger partial charge in [0.25, 0.3) is 0 Å². The topological polar surface area (TPSA) is 38.4 Å². The van der Waals surface area contributed by atoms with Crippen LogP contribution in [0.4, 0.5) is 0 Å². The second kappa shape index (κ2) is 4.91. The molecule has 1 aromatic carbocycles. The number of nitrogens with two attached hydrogens (primary N) is 1. The number of nitrogens with zero attached hydrogens (tertiary/aromatic N) is 1. The van der Waals surface area contributed by atoms with Crippen molar-refractivity contribution in [3.05, 3.63) is 35.9 Å². The largest absolute Gasteiger partial charge is 0.387 e. The number of aliphatic imine (C=N–C) groups is 1. The lowest BCUT2D eigenvalue weighted by atomic mass is 9.92. The molecule has 0 amide bonds. The highest BCUT2D eigenvalue weighted by Crippen LogP contribution is 2.21. The normalized spacial score (nSPS) is 13.8. The van der Waals surface area contributed by atoms with E-state index in [0.29, 0.717) is 0 Å². The summed E-state index contributed by atoms with van der Waals surface area (Å²) in [5.41, 5.74) is 7.12. The van der Waals surface area contributed by atoms with Gasteiger partial charge in [0, 0.05) is 5.41 Å². The fourth-order valence-corrected chi connectivity index (χ4v) is 1.63. The maximum Gasteiger partial charge on any atom is 0.0998 e. The Morgan fingerprint density at radius 3 is 2.06 bits per heavy atom. The number of hydrogen-bond acceptors (Lipinski definition) is 1. The van der Waals surface area contributed by atoms with Crippen LogP contribution in [0.1, 0.15) is 40.2 Å². The van der Waals surface area contributed by atoms with Gasteiger partial charge in [0.05, 0.1) is 11.4 Å². The van der Waals surface area contributed by atoms with Gasteiger partial charge in [-0.25, -0.2) is 0 Å². The standard InChI is InChI=1S/C15H24N2/c1-14(2,3)13(16)17-15(4,5)11-12-9-7-6-8-10-12/h6-10H,11H2,1-5H3,(H2,16,17). The monoisotopic (exact) mass is 232 g/mol. The van der Waals surface area contributed by atoms with Crippen LogP contribution in [0.15, 0.2) is 35.3 Å². The molecule has 0 aromatic heterocycles. The Morgan fingerprint density at radius 1 is 1.06 bits per heavy atom. The zero-order chi connectivity index (χ0) is 13.1. The van der Waals surface area contributed by atoms with Gasteiger partial charge in [-0.05, 0) is 25.8 Å². The summed E-state index contributed by atoms with van der Waals surface area (Å²) in [6.07, 6.45) is 0.907. The Balaban J connectivity index is 2.83. The van der Waals surface area contributed by atoms with Crippen molar-refractivity contribution in [2.24, 2.45) is 16.1 Å². The first-order valence-electron chi connectivity index (χ1n) is 6.10. The molecule has 0 saturated carbocycles. The minimum Gasteiger partial charge on any atom is -0.387 e. The molecule has 0 bridgehead atoms. The molecule has 0 heterocycles. The van der Waals surface area contributed by atoms with Crippen molar-refractivity contribution in [1.29, 1.82) is 0 Å². The molecule has 0 aliphatic carbocycles. The molecule has 0 aliphatic heterocycles. The molecular weight excluding hydrogens is 208 g/mol. The zero-order valence-electron chi connectivity index (χ0n) is 11.6. The average molecular weight is 232 g/mol. The van der Waals surface area contributed by atoms with Crippen molar-refractivity contribution >= 4 is 5.84 Å². The van der Waals surface area contributed by atoms with Crippen molar-refractivity contribution < 1.29 is 0 Å². The first kappa shape index (κ1) is 13.8. The maximum atomic E-state index is 6.04. The third-order valence-corrected chi connectivity index (χ3v) is 2.67. The van der Waals surface area contributed by atoms with Gasteiger partial charge < -0.3 is 5.73 Å². The Bertz CT molecular complexity index is 383. The number of benzene rings is 1. The van der Waals surface area contributed by atoms with Crippen LogP contribution in [-0.2, 0) is 6.42 Å². The van der Waals surface area contributed by atoms with E-state index in [1.807, 2.05) is 6.07 Å². The van der Waals surface area contributed by atoms with E-state index in [2.05, 4.69) is 63.9 Å². The predicted molar refractivity (Wildman–Crippen MR) is 75.3 cm³/mol. The van der Waals surface area contributed by atoms with Crippen LogP contribution in [0.25, 0.3) is 0 Å². The number of hydrogen-bond donors (Lipinski definition) is 1. The van der Waals surface area contributed by atoms with E-state index in [1.54, 1.807) is 0 Å². The first-order valence-corrected chi connectivity index (χ1v) is 6.10. The molecule has 0 fully saturated rings. The van der Waals surface area contributed by atoms with Crippen molar-refractivity contribution in [2.45, 2.75) is 46.6 Å². The molecule has 0 unspecified atom stereocenters. The van der Waals surface area contributed by atoms with Crippen LogP contribution in [0.2, 0.25) is 0 Å². The number of rotatable bonds is 3. The molecule has 94 valence electrons. The van der Waals surface area contributed by atoms with Crippen molar-refractivity contribution in [3.63, 3.8) is 0 Å². The third-order valence-electron chi connectivity index (χ3n) is 2.67. The molecule has 0 saturated heterocycles. The summed E-state index contributed by atoms with van der Waals surface area (Å²) in [6, 6.07) is 10.4. The minimum absolute atomic E-state index is 0.0615. The third kappa shape index (κ3) is 4.59. The van der Waals surface area contributed by atoms with Crippen LogP contribution in [0, 0.1) is 5.41 Å². The van der Waals surface area contributed by atoms with E-state index in [0.717, 1.165) is 12.3 Å². The van der Waals surface area contributed by atoms with E-state index in [9.17, 15) is 0 Å². The zero-order valence-corrected chi connectivity index (χ0v) is 11.6. The summed E-state index contributed by atoms with van der Waals surface area (Å²) in [6.45, 7) is 10.5. The molecule has 2 nitrogen and oxygen atoms in total. The highest BCUT2D eigenvalue weighted by Gasteiger charge is 2.22. The van der Waals surface area contributed by atoms with Crippen LogP contribution < -0.4 is 5.73 Å². The molecule has 1 rings (SSSR count). The highest BCUT2D eigenvalue weighted by molar-refractivity contribution is 5.85. The fraction of sp³-hybridized carbons (Fsp3) is 0.533. The van der Waals surface area contributed by atoms with Crippen LogP contribution in [0.5, 0.6) is 0 Å². The second-order valence-electron chi connectivity index (χ2n) is 6.22. The van der Waals surface area contributed by atoms with Gasteiger partial charge >= 0.3 is 0 Å². The van der Waals surface area contributed by atoms with E-state index < -0.39 is 0 Å². The first-order chi connectivity index (χ1) is 7.71. The van der Waals surface area contributed by atoms with E-state index in [4.69, 9.17) is 5.73 Å². The van der Waals surface area contributed by atoms with E-state index >= 15 is 0 Å². The molecule has 2 N–H and O–H groups in total. The average Bonchev–Trinajstić information content (AvgIpc) is 2.16. The summed E-state index contributed by atoms with van der Waals surface area (Å²) in [7, 11) is 0. The number of amidine groups is 1. The summed E-state index contributed by atoms with van der Waals surface area (Å²) in [5, 5.41) is 0. The molecule has 0 spiro atoms. The van der Waals surface area contributed by atoms with Gasteiger partial charge in [-0.3, -0.25) is 4.99 Å². The fourth-order valence-electron chi connectivity index (χ4n) is 1.63. The predicted octanol–water partition coefficient (Wildman–Crippen LogP) is 3.41. The molecule has 1 aromatic rings. The summed E-state index contributed by atoms with van der Waals surface area (Å²) in [5.74, 6) is 0.721. The Morgan fingerprint density at radius 2 is 1.59 bits per heavy atom. The summed E-state index contributed by atoms with van der Waals surface area (Å²) in [4.78, 5) is 4.67. The van der Waals surface area contributed by atoms with Crippen LogP contribution in [0.3, 0.4) is 0 Å². The molecule has 0 aliphatic rings. The quantitative estimate of drug-likeness (QED) is 0.629. The lowest BCUT2D eigenvalue weighted by Crippen LogP contribution is -2.34. The van der Waals surface area contributed by atoms with Gasteiger partial charge in [-0.2, -0.15) is 0 Å². The minimum atomic E-state index is -0.154. The second-order valence-corrected chi connectivity index (χ2v) is 6.22. The van der Waals surface area contributed by atoms with Crippen LogP contribution in [-0.4, -0.2) is 11.4 Å². The summed E-state index contributed by atoms with van der Waals surface area (Å²) < 4.78 is 0.